The van der Waals surface area contributed by atoms with Gasteiger partial charge >= 0.3 is 0 Å². The molecule has 0 N–H and O–H groups in total. The van der Waals surface area contributed by atoms with Crippen molar-refractivity contribution < 1.29 is 0 Å². The summed E-state index contributed by atoms with van der Waals surface area (Å²) < 4.78 is 1.42. The van der Waals surface area contributed by atoms with Gasteiger partial charge in [-0.2, -0.15) is 4.68 Å². The van der Waals surface area contributed by atoms with Crippen molar-refractivity contribution in [3.63, 3.8) is 0 Å². The van der Waals surface area contributed by atoms with Gasteiger partial charge in [0.2, 0.25) is 0 Å². The van der Waals surface area contributed by atoms with Crippen LogP contribution in [0.5, 0.6) is 0 Å². The molecule has 4 nitrogen and oxygen atoms in total. The van der Waals surface area contributed by atoms with Crippen LogP contribution in [0, 0.1) is 6.57 Å². The molecule has 40 valence electrons. The largest absolute Gasteiger partial charge is 0.361 e. The first-order valence-electron chi connectivity index (χ1n) is 2.06. The molecule has 0 aliphatic heterocycles. The van der Waals surface area contributed by atoms with Crippen LogP contribution in [0.1, 0.15) is 0 Å². The van der Waals surface area contributed by atoms with Crippen LogP contribution in [0.25, 0.3) is 4.85 Å². The Morgan fingerprint density at radius 3 is 2.88 bits per heavy atom. The normalized spacial score (nSPS) is 8.50. The maximum Gasteiger partial charge on any atom is 0.271 e. The van der Waals surface area contributed by atoms with Crippen molar-refractivity contribution in [2.45, 2.75) is 0 Å². The lowest BCUT2D eigenvalue weighted by Gasteiger charge is -1.80. The molecule has 0 aliphatic rings. The van der Waals surface area contributed by atoms with Crippen molar-refractivity contribution in [3.05, 3.63) is 17.6 Å². The van der Waals surface area contributed by atoms with E-state index in [-0.39, 0.29) is 0 Å². The molecule has 0 spiro atoms. The van der Waals surface area contributed by atoms with Gasteiger partial charge in [0, 0.05) is 5.21 Å². The van der Waals surface area contributed by atoms with Gasteiger partial charge in [-0.1, -0.05) is 6.57 Å². The Bertz CT molecular complexity index is 218. The molecular weight excluding hydrogens is 104 g/mol. The van der Waals surface area contributed by atoms with E-state index in [4.69, 9.17) is 6.57 Å². The summed E-state index contributed by atoms with van der Waals surface area (Å²) >= 11 is 0. The van der Waals surface area contributed by atoms with Gasteiger partial charge in [-0.25, -0.2) is 0 Å². The van der Waals surface area contributed by atoms with Crippen LogP contribution in [0.15, 0.2) is 6.20 Å². The average Bonchev–Trinajstić information content (AvgIpc) is 2.14. The Balaban J connectivity index is 3.15. The lowest BCUT2D eigenvalue weighted by molar-refractivity contribution is 0.725. The fraction of sp³-hybridized carbons (Fsp3) is 0.250. The quantitative estimate of drug-likeness (QED) is 0.450. The van der Waals surface area contributed by atoms with E-state index in [1.165, 1.54) is 10.9 Å². The second-order valence-corrected chi connectivity index (χ2v) is 1.33. The van der Waals surface area contributed by atoms with Crippen LogP contribution >= 0.6 is 0 Å². The molecule has 1 rings (SSSR count). The van der Waals surface area contributed by atoms with Gasteiger partial charge in [-0.05, 0) is 0 Å². The molecule has 0 atom stereocenters. The average molecular weight is 108 g/mol. The smallest absolute Gasteiger partial charge is 0.271 e. The summed E-state index contributed by atoms with van der Waals surface area (Å²) in [6.07, 6.45) is 1.42. The Morgan fingerprint density at radius 1 is 1.88 bits per heavy atom. The minimum atomic E-state index is 0.463. The van der Waals surface area contributed by atoms with Gasteiger partial charge in [0.25, 0.3) is 5.82 Å². The van der Waals surface area contributed by atoms with Crippen molar-refractivity contribution in [3.8, 4) is 0 Å². The van der Waals surface area contributed by atoms with Crippen LogP contribution in [-0.4, -0.2) is 15.0 Å². The second-order valence-electron chi connectivity index (χ2n) is 1.33. The van der Waals surface area contributed by atoms with Crippen molar-refractivity contribution in [2.24, 2.45) is 7.05 Å². The fourth-order valence-electron chi connectivity index (χ4n) is 0.386. The molecule has 8 heavy (non-hydrogen) atoms. The molecule has 1 aromatic heterocycles. The minimum Gasteiger partial charge on any atom is -0.361 e. The predicted octanol–water partition coefficient (Wildman–Crippen LogP) is 0.366. The summed E-state index contributed by atoms with van der Waals surface area (Å²) in [5.41, 5.74) is 0. The highest BCUT2D eigenvalue weighted by Crippen LogP contribution is 2.03. The van der Waals surface area contributed by atoms with E-state index in [0.717, 1.165) is 0 Å². The van der Waals surface area contributed by atoms with Crippen molar-refractivity contribution in [1.82, 2.24) is 15.0 Å². The zero-order valence-electron chi connectivity index (χ0n) is 4.37. The van der Waals surface area contributed by atoms with Crippen LogP contribution < -0.4 is 0 Å². The Morgan fingerprint density at radius 2 is 2.62 bits per heavy atom. The zero-order chi connectivity index (χ0) is 5.98. The van der Waals surface area contributed by atoms with Crippen molar-refractivity contribution in [1.29, 1.82) is 0 Å². The number of nitrogens with zero attached hydrogens (tertiary/aromatic N) is 4. The van der Waals surface area contributed by atoms with Crippen molar-refractivity contribution >= 4 is 5.82 Å². The third-order valence-electron chi connectivity index (χ3n) is 0.805. The SMILES string of the molecule is [C-]#[N+]c1cnnn1C. The Kier molecular flexibility index (Phi) is 0.968. The van der Waals surface area contributed by atoms with E-state index in [9.17, 15) is 0 Å². The van der Waals surface area contributed by atoms with E-state index in [1.807, 2.05) is 0 Å². The van der Waals surface area contributed by atoms with E-state index < -0.39 is 0 Å². The molecule has 0 bridgehead atoms. The van der Waals surface area contributed by atoms with E-state index in [0.29, 0.717) is 5.82 Å². The first-order chi connectivity index (χ1) is 3.84. The molecule has 0 unspecified atom stereocenters. The second kappa shape index (κ2) is 1.62. The first kappa shape index (κ1) is 4.78. The molecule has 0 fully saturated rings. The van der Waals surface area contributed by atoms with E-state index in [1.54, 1.807) is 7.05 Å². The Labute approximate surface area is 46.6 Å². The maximum atomic E-state index is 6.53. The first-order valence-corrected chi connectivity index (χ1v) is 2.06. The lowest BCUT2D eigenvalue weighted by atomic mass is 10.8. The molecule has 1 heterocycles. The molecule has 0 radical (unpaired) electrons. The highest BCUT2D eigenvalue weighted by Gasteiger charge is 1.93. The summed E-state index contributed by atoms with van der Waals surface area (Å²) in [6, 6.07) is 0. The van der Waals surface area contributed by atoms with Crippen LogP contribution in [0.2, 0.25) is 0 Å². The number of aromatic nitrogens is 3. The van der Waals surface area contributed by atoms with Crippen molar-refractivity contribution in [2.75, 3.05) is 0 Å². The summed E-state index contributed by atoms with van der Waals surface area (Å²) in [6.45, 7) is 6.53. The molecule has 4 heteroatoms. The molecule has 1 aromatic rings. The zero-order valence-corrected chi connectivity index (χ0v) is 4.37. The van der Waals surface area contributed by atoms with Gasteiger partial charge < -0.3 is 4.85 Å². The molecular formula is C4H4N4. The maximum absolute atomic E-state index is 6.53. The highest BCUT2D eigenvalue weighted by molar-refractivity contribution is 5.30. The number of hydrogen-bond donors (Lipinski definition) is 0. The molecule has 0 amide bonds. The van der Waals surface area contributed by atoms with Gasteiger partial charge in [0.15, 0.2) is 0 Å². The van der Waals surface area contributed by atoms with Crippen LogP contribution in [-0.2, 0) is 7.05 Å². The van der Waals surface area contributed by atoms with Crippen LogP contribution in [0.4, 0.5) is 5.82 Å². The topological polar surface area (TPSA) is 35.1 Å². The molecule has 0 saturated heterocycles. The van der Waals surface area contributed by atoms with E-state index >= 15 is 0 Å². The molecule has 0 aromatic carbocycles. The highest BCUT2D eigenvalue weighted by atomic mass is 15.4. The minimum absolute atomic E-state index is 0.463. The molecule has 0 aliphatic carbocycles. The monoisotopic (exact) mass is 108 g/mol. The number of rotatable bonds is 0. The van der Waals surface area contributed by atoms with Gasteiger partial charge in [-0.3, -0.25) is 0 Å². The van der Waals surface area contributed by atoms with Gasteiger partial charge in [0.1, 0.15) is 0 Å². The Hall–Kier alpha value is -1.37. The summed E-state index contributed by atoms with van der Waals surface area (Å²) in [4.78, 5) is 3.12. The summed E-state index contributed by atoms with van der Waals surface area (Å²) in [5, 5.41) is 7.03. The number of aryl methyl sites for hydroxylation is 1. The third-order valence-corrected chi connectivity index (χ3v) is 0.805. The van der Waals surface area contributed by atoms with Gasteiger partial charge in [0.05, 0.1) is 13.2 Å². The van der Waals surface area contributed by atoms with E-state index in [2.05, 4.69) is 15.2 Å². The number of hydrogen-bond acceptors (Lipinski definition) is 2. The third kappa shape index (κ3) is 0.540. The summed E-state index contributed by atoms with van der Waals surface area (Å²) in [7, 11) is 1.68. The predicted molar refractivity (Wildman–Crippen MR) is 27.3 cm³/mol. The lowest BCUT2D eigenvalue weighted by Crippen LogP contribution is -1.87. The van der Waals surface area contributed by atoms with Gasteiger partial charge in [-0.15, -0.1) is 5.10 Å². The summed E-state index contributed by atoms with van der Waals surface area (Å²) in [5.74, 6) is 0.463. The fourth-order valence-corrected chi connectivity index (χ4v) is 0.386. The standard InChI is InChI=1S/C4H4N4/c1-5-4-3-6-7-8(4)2/h3H,2H3. The molecule has 0 saturated carbocycles. The van der Waals surface area contributed by atoms with Crippen LogP contribution in [0.3, 0.4) is 0 Å².